The van der Waals surface area contributed by atoms with Gasteiger partial charge in [-0.15, -0.1) is 24.0 Å². The molecule has 3 saturated heterocycles. The number of ether oxygens (including phenoxy) is 1. The summed E-state index contributed by atoms with van der Waals surface area (Å²) in [7, 11) is 1.88. The highest BCUT2D eigenvalue weighted by Crippen LogP contribution is 2.47. The highest BCUT2D eigenvalue weighted by atomic mass is 127. The molecule has 1 N–H and O–H groups in total. The maximum Gasteiger partial charge on any atom is 0.193 e. The average molecular weight is 493 g/mol. The van der Waals surface area contributed by atoms with Gasteiger partial charge in [0.1, 0.15) is 0 Å². The van der Waals surface area contributed by atoms with Crippen LogP contribution in [0.1, 0.15) is 24.0 Å². The Morgan fingerprint density at radius 3 is 2.43 bits per heavy atom. The van der Waals surface area contributed by atoms with Crippen LogP contribution in [0.25, 0.3) is 0 Å². The lowest BCUT2D eigenvalue weighted by atomic mass is 9.82. The summed E-state index contributed by atoms with van der Waals surface area (Å²) in [6.07, 6.45) is 7.28. The summed E-state index contributed by atoms with van der Waals surface area (Å²) in [5, 5.41) is 7.81. The Morgan fingerprint density at radius 1 is 1.14 bits per heavy atom. The Labute approximate surface area is 183 Å². The van der Waals surface area contributed by atoms with Gasteiger partial charge in [-0.05, 0) is 30.0 Å². The second-order valence-corrected chi connectivity index (χ2v) is 7.94. The molecule has 6 nitrogen and oxygen atoms in total. The quantitative estimate of drug-likeness (QED) is 0.405. The fourth-order valence-corrected chi connectivity index (χ4v) is 4.99. The van der Waals surface area contributed by atoms with Crippen molar-refractivity contribution < 1.29 is 4.74 Å². The van der Waals surface area contributed by atoms with Crippen LogP contribution in [-0.2, 0) is 17.8 Å². The number of aromatic nitrogens is 2. The topological polar surface area (TPSA) is 54.7 Å². The minimum atomic E-state index is 0. The molecule has 0 saturated carbocycles. The van der Waals surface area contributed by atoms with Gasteiger partial charge < -0.3 is 15.0 Å². The molecular formula is C21H28IN5O. The minimum absolute atomic E-state index is 0. The Balaban J connectivity index is 0.00000192. The molecule has 4 unspecified atom stereocenters. The Kier molecular flexibility index (Phi) is 5.91. The number of nitrogens with one attached hydrogen (secondary N) is 1. The van der Waals surface area contributed by atoms with E-state index in [1.54, 1.807) is 0 Å². The Hall–Kier alpha value is -1.61. The summed E-state index contributed by atoms with van der Waals surface area (Å²) >= 11 is 0. The fraction of sp³-hybridized carbons (Fsp3) is 0.524. The van der Waals surface area contributed by atoms with E-state index >= 15 is 0 Å². The third-order valence-corrected chi connectivity index (χ3v) is 6.34. The molecule has 3 fully saturated rings. The lowest BCUT2D eigenvalue weighted by Gasteiger charge is -2.23. The van der Waals surface area contributed by atoms with E-state index in [4.69, 9.17) is 4.74 Å². The number of likely N-dealkylation sites (tertiary alicyclic amines) is 1. The van der Waals surface area contributed by atoms with Gasteiger partial charge in [-0.3, -0.25) is 9.67 Å². The zero-order valence-electron chi connectivity index (χ0n) is 16.2. The van der Waals surface area contributed by atoms with Crippen LogP contribution in [-0.4, -0.2) is 53.0 Å². The van der Waals surface area contributed by atoms with Crippen LogP contribution in [0.5, 0.6) is 0 Å². The van der Waals surface area contributed by atoms with Crippen LogP contribution in [0, 0.1) is 11.8 Å². The first-order valence-electron chi connectivity index (χ1n) is 9.96. The molecule has 1 aromatic heterocycles. The lowest BCUT2D eigenvalue weighted by Crippen LogP contribution is -2.40. The number of benzene rings is 1. The van der Waals surface area contributed by atoms with Crippen LogP contribution in [0.15, 0.2) is 47.7 Å². The fourth-order valence-electron chi connectivity index (χ4n) is 4.99. The Morgan fingerprint density at radius 2 is 1.82 bits per heavy atom. The predicted molar refractivity (Wildman–Crippen MR) is 120 cm³/mol. The molecule has 2 aromatic rings. The summed E-state index contributed by atoms with van der Waals surface area (Å²) in [5.74, 6) is 2.41. The third-order valence-electron chi connectivity index (χ3n) is 6.34. The zero-order valence-corrected chi connectivity index (χ0v) is 18.5. The first-order chi connectivity index (χ1) is 13.3. The van der Waals surface area contributed by atoms with Crippen molar-refractivity contribution in [2.75, 3.05) is 20.1 Å². The van der Waals surface area contributed by atoms with Crippen molar-refractivity contribution in [1.29, 1.82) is 0 Å². The van der Waals surface area contributed by atoms with Gasteiger partial charge in [0, 0.05) is 50.9 Å². The normalized spacial score (nSPS) is 28.3. The molecule has 0 aliphatic carbocycles. The van der Waals surface area contributed by atoms with Crippen molar-refractivity contribution >= 4 is 29.9 Å². The van der Waals surface area contributed by atoms with Crippen LogP contribution in [0.4, 0.5) is 0 Å². The molecule has 1 aromatic carbocycles. The van der Waals surface area contributed by atoms with Gasteiger partial charge in [0.2, 0.25) is 0 Å². The highest BCUT2D eigenvalue weighted by molar-refractivity contribution is 14.0. The molecule has 0 amide bonds. The maximum atomic E-state index is 6.09. The Bertz CT molecular complexity index is 789. The van der Waals surface area contributed by atoms with Crippen molar-refractivity contribution in [2.24, 2.45) is 16.8 Å². The van der Waals surface area contributed by atoms with Crippen LogP contribution < -0.4 is 5.32 Å². The molecule has 3 aliphatic rings. The summed E-state index contributed by atoms with van der Waals surface area (Å²) < 4.78 is 8.03. The van der Waals surface area contributed by atoms with Gasteiger partial charge in [0.25, 0.3) is 0 Å². The van der Waals surface area contributed by atoms with E-state index in [9.17, 15) is 0 Å². The second-order valence-electron chi connectivity index (χ2n) is 7.94. The number of guanidine groups is 1. The highest BCUT2D eigenvalue weighted by Gasteiger charge is 2.53. The van der Waals surface area contributed by atoms with Crippen LogP contribution >= 0.6 is 24.0 Å². The van der Waals surface area contributed by atoms with Gasteiger partial charge >= 0.3 is 0 Å². The molecule has 3 aliphatic heterocycles. The molecule has 4 atom stereocenters. The second kappa shape index (κ2) is 8.41. The first-order valence-corrected chi connectivity index (χ1v) is 9.96. The van der Waals surface area contributed by atoms with Crippen molar-refractivity contribution in [2.45, 2.75) is 38.1 Å². The SMILES string of the molecule is CN=C(NCc1ccc(Cn2cccn2)cc1)N1CC2C3CCC(O3)C2C1.I. The van der Waals surface area contributed by atoms with Crippen LogP contribution in [0.2, 0.25) is 0 Å². The molecule has 2 bridgehead atoms. The van der Waals surface area contributed by atoms with E-state index in [0.29, 0.717) is 24.0 Å². The largest absolute Gasteiger partial charge is 0.374 e. The van der Waals surface area contributed by atoms with Gasteiger partial charge in [0.05, 0.1) is 18.8 Å². The van der Waals surface area contributed by atoms with Gasteiger partial charge in [-0.2, -0.15) is 5.10 Å². The van der Waals surface area contributed by atoms with Crippen molar-refractivity contribution in [1.82, 2.24) is 20.0 Å². The van der Waals surface area contributed by atoms with E-state index in [1.807, 2.05) is 30.2 Å². The first kappa shape index (κ1) is 19.7. The van der Waals surface area contributed by atoms with Gasteiger partial charge in [-0.25, -0.2) is 0 Å². The summed E-state index contributed by atoms with van der Waals surface area (Å²) in [6, 6.07) is 10.7. The number of hydrogen-bond acceptors (Lipinski definition) is 3. The summed E-state index contributed by atoms with van der Waals surface area (Å²) in [4.78, 5) is 6.96. The van der Waals surface area contributed by atoms with E-state index in [0.717, 1.165) is 32.1 Å². The van der Waals surface area contributed by atoms with Gasteiger partial charge in [-0.1, -0.05) is 24.3 Å². The van der Waals surface area contributed by atoms with E-state index < -0.39 is 0 Å². The lowest BCUT2D eigenvalue weighted by molar-refractivity contribution is 0.0767. The molecule has 0 radical (unpaired) electrons. The molecule has 5 rings (SSSR count). The molecule has 0 spiro atoms. The molecule has 7 heteroatoms. The molecule has 4 heterocycles. The average Bonchev–Trinajstić information content (AvgIpc) is 3.46. The van der Waals surface area contributed by atoms with Crippen molar-refractivity contribution in [3.8, 4) is 0 Å². The number of halogens is 1. The number of rotatable bonds is 4. The van der Waals surface area contributed by atoms with E-state index in [1.165, 1.54) is 24.0 Å². The number of aliphatic imine (C=N–C) groups is 1. The predicted octanol–water partition coefficient (Wildman–Crippen LogP) is 2.73. The van der Waals surface area contributed by atoms with E-state index in [-0.39, 0.29) is 24.0 Å². The molecular weight excluding hydrogens is 465 g/mol. The van der Waals surface area contributed by atoms with Gasteiger partial charge in [0.15, 0.2) is 5.96 Å². The smallest absolute Gasteiger partial charge is 0.193 e. The van der Waals surface area contributed by atoms with E-state index in [2.05, 4.69) is 44.6 Å². The monoisotopic (exact) mass is 493 g/mol. The zero-order chi connectivity index (χ0) is 18.2. The third kappa shape index (κ3) is 3.78. The van der Waals surface area contributed by atoms with Crippen molar-refractivity contribution in [3.63, 3.8) is 0 Å². The number of nitrogens with zero attached hydrogens (tertiary/aromatic N) is 4. The van der Waals surface area contributed by atoms with Crippen molar-refractivity contribution in [3.05, 3.63) is 53.9 Å². The number of fused-ring (bicyclic) bond motifs is 5. The van der Waals surface area contributed by atoms with Crippen LogP contribution in [0.3, 0.4) is 0 Å². The summed E-state index contributed by atoms with van der Waals surface area (Å²) in [5.41, 5.74) is 2.53. The molecule has 150 valence electrons. The maximum absolute atomic E-state index is 6.09. The number of hydrogen-bond donors (Lipinski definition) is 1. The standard InChI is InChI=1S/C21H27N5O.HI/c1-22-21(25-13-17-18(14-25)20-8-7-19(17)27-20)23-11-15-3-5-16(6-4-15)12-26-10-2-9-24-26;/h2-6,9-10,17-20H,7-8,11-14H2,1H3,(H,22,23);1H. The summed E-state index contributed by atoms with van der Waals surface area (Å²) in [6.45, 7) is 3.76. The minimum Gasteiger partial charge on any atom is -0.374 e. The molecule has 28 heavy (non-hydrogen) atoms.